The van der Waals surface area contributed by atoms with Crippen molar-refractivity contribution in [3.63, 3.8) is 0 Å². The first-order valence-corrected chi connectivity index (χ1v) is 10.6. The Morgan fingerprint density at radius 3 is 2.59 bits per heavy atom. The monoisotopic (exact) mass is 373 g/mol. The van der Waals surface area contributed by atoms with Crippen LogP contribution < -0.4 is 5.32 Å². The molecule has 0 spiro atoms. The Morgan fingerprint density at radius 1 is 1.11 bits per heavy atom. The van der Waals surface area contributed by atoms with E-state index in [-0.39, 0.29) is 17.6 Å². The lowest BCUT2D eigenvalue weighted by atomic mass is 9.93. The number of carbonyl (C=O) groups is 1. The number of benzene rings is 1. The van der Waals surface area contributed by atoms with Crippen molar-refractivity contribution in [1.29, 1.82) is 0 Å². The van der Waals surface area contributed by atoms with E-state index in [1.54, 1.807) is 12.1 Å². The molecule has 4 nitrogen and oxygen atoms in total. The zero-order valence-corrected chi connectivity index (χ0v) is 16.4. The first kappa shape index (κ1) is 18.9. The van der Waals surface area contributed by atoms with E-state index < -0.39 is 0 Å². The summed E-state index contributed by atoms with van der Waals surface area (Å²) in [4.78, 5) is 17.4. The lowest BCUT2D eigenvalue weighted by Crippen LogP contribution is -2.50. The van der Waals surface area contributed by atoms with E-state index >= 15 is 0 Å². The predicted octanol–water partition coefficient (Wildman–Crippen LogP) is 3.09. The van der Waals surface area contributed by atoms with Crippen molar-refractivity contribution < 1.29 is 9.18 Å². The minimum Gasteiger partial charge on any atom is -0.353 e. The smallest absolute Gasteiger partial charge is 0.224 e. The van der Waals surface area contributed by atoms with Crippen LogP contribution in [0, 0.1) is 18.7 Å². The molecule has 0 radical (unpaired) electrons. The third-order valence-electron chi connectivity index (χ3n) is 6.33. The van der Waals surface area contributed by atoms with E-state index in [0.717, 1.165) is 82.4 Å². The molecule has 1 aromatic rings. The van der Waals surface area contributed by atoms with Gasteiger partial charge in [-0.2, -0.15) is 0 Å². The van der Waals surface area contributed by atoms with E-state index in [4.69, 9.17) is 0 Å². The number of carbonyl (C=O) groups excluding carboxylic acids is 1. The van der Waals surface area contributed by atoms with Crippen LogP contribution in [0.25, 0.3) is 0 Å². The molecule has 1 N–H and O–H groups in total. The summed E-state index contributed by atoms with van der Waals surface area (Å²) in [6.07, 6.45) is 6.77. The Balaban J connectivity index is 1.26. The Hall–Kier alpha value is -1.46. The summed E-state index contributed by atoms with van der Waals surface area (Å²) < 4.78 is 13.6. The van der Waals surface area contributed by atoms with Gasteiger partial charge >= 0.3 is 0 Å². The molecule has 1 unspecified atom stereocenters. The molecule has 2 aliphatic heterocycles. The molecule has 2 saturated heterocycles. The number of likely N-dealkylation sites (tertiary alicyclic amines) is 2. The van der Waals surface area contributed by atoms with Crippen molar-refractivity contribution in [2.45, 2.75) is 64.1 Å². The first-order chi connectivity index (χ1) is 13.1. The highest BCUT2D eigenvalue weighted by Crippen LogP contribution is 2.26. The fourth-order valence-corrected chi connectivity index (χ4v) is 4.70. The number of piperidine rings is 2. The molecule has 27 heavy (non-hydrogen) atoms. The van der Waals surface area contributed by atoms with Gasteiger partial charge in [-0.1, -0.05) is 6.07 Å². The molecule has 4 rings (SSSR count). The van der Waals surface area contributed by atoms with Crippen molar-refractivity contribution in [2.24, 2.45) is 5.92 Å². The number of nitrogens with one attached hydrogen (secondary N) is 1. The average molecular weight is 374 g/mol. The zero-order valence-electron chi connectivity index (χ0n) is 16.4. The van der Waals surface area contributed by atoms with Gasteiger partial charge in [-0.3, -0.25) is 14.6 Å². The zero-order chi connectivity index (χ0) is 18.8. The molecule has 1 amide bonds. The molecular weight excluding hydrogens is 341 g/mol. The fraction of sp³-hybridized carbons (Fsp3) is 0.682. The highest BCUT2D eigenvalue weighted by atomic mass is 19.1. The van der Waals surface area contributed by atoms with Gasteiger partial charge in [-0.05, 0) is 88.3 Å². The van der Waals surface area contributed by atoms with Crippen LogP contribution in [0.4, 0.5) is 4.39 Å². The molecule has 3 aliphatic rings. The second kappa shape index (κ2) is 8.27. The highest BCUT2D eigenvalue weighted by molar-refractivity contribution is 5.79. The first-order valence-electron chi connectivity index (χ1n) is 10.6. The van der Waals surface area contributed by atoms with Crippen LogP contribution in [0.1, 0.15) is 49.7 Å². The third-order valence-corrected chi connectivity index (χ3v) is 6.33. The van der Waals surface area contributed by atoms with Gasteiger partial charge in [0.05, 0.1) is 5.92 Å². The molecule has 1 saturated carbocycles. The van der Waals surface area contributed by atoms with Crippen molar-refractivity contribution in [3.8, 4) is 0 Å². The topological polar surface area (TPSA) is 35.6 Å². The van der Waals surface area contributed by atoms with Gasteiger partial charge in [0.2, 0.25) is 5.91 Å². The van der Waals surface area contributed by atoms with Crippen LogP contribution in [-0.4, -0.2) is 54.0 Å². The number of nitrogens with zero attached hydrogens (tertiary/aromatic N) is 2. The minimum absolute atomic E-state index is 0.135. The molecule has 2 heterocycles. The maximum absolute atomic E-state index is 13.6. The molecule has 1 atom stereocenters. The molecular formula is C22H32FN3O. The number of hydrogen-bond acceptors (Lipinski definition) is 3. The fourth-order valence-electron chi connectivity index (χ4n) is 4.70. The van der Waals surface area contributed by atoms with E-state index in [1.807, 2.05) is 6.92 Å². The number of hydrogen-bond donors (Lipinski definition) is 1. The molecule has 1 aromatic carbocycles. The summed E-state index contributed by atoms with van der Waals surface area (Å²) in [6.45, 7) is 6.93. The van der Waals surface area contributed by atoms with Gasteiger partial charge in [0, 0.05) is 25.2 Å². The number of amides is 1. The molecule has 148 valence electrons. The molecule has 1 aliphatic carbocycles. The molecule has 0 aromatic heterocycles. The number of rotatable bonds is 5. The van der Waals surface area contributed by atoms with Crippen molar-refractivity contribution in [1.82, 2.24) is 15.1 Å². The van der Waals surface area contributed by atoms with Gasteiger partial charge in [-0.15, -0.1) is 0 Å². The minimum atomic E-state index is -0.135. The molecule has 5 heteroatoms. The van der Waals surface area contributed by atoms with Gasteiger partial charge in [0.1, 0.15) is 5.82 Å². The van der Waals surface area contributed by atoms with Crippen LogP contribution in [0.3, 0.4) is 0 Å². The van der Waals surface area contributed by atoms with Crippen molar-refractivity contribution in [3.05, 3.63) is 35.1 Å². The van der Waals surface area contributed by atoms with Gasteiger partial charge in [0.15, 0.2) is 0 Å². The van der Waals surface area contributed by atoms with Crippen molar-refractivity contribution in [2.75, 3.05) is 26.2 Å². The van der Waals surface area contributed by atoms with Crippen LogP contribution in [0.5, 0.6) is 0 Å². The van der Waals surface area contributed by atoms with Crippen molar-refractivity contribution >= 4 is 5.91 Å². The summed E-state index contributed by atoms with van der Waals surface area (Å²) in [5.74, 6) is 0.317. The van der Waals surface area contributed by atoms with Gasteiger partial charge in [0.25, 0.3) is 0 Å². The summed E-state index contributed by atoms with van der Waals surface area (Å²) in [5.41, 5.74) is 2.06. The predicted molar refractivity (Wildman–Crippen MR) is 105 cm³/mol. The third kappa shape index (κ3) is 5.08. The summed E-state index contributed by atoms with van der Waals surface area (Å²) in [5, 5.41) is 3.19. The maximum atomic E-state index is 13.6. The van der Waals surface area contributed by atoms with E-state index in [9.17, 15) is 9.18 Å². The Bertz CT molecular complexity index is 647. The number of halogens is 1. The van der Waals surface area contributed by atoms with E-state index in [1.165, 1.54) is 0 Å². The Kier molecular flexibility index (Phi) is 5.79. The molecule has 3 fully saturated rings. The van der Waals surface area contributed by atoms with Gasteiger partial charge < -0.3 is 5.32 Å². The lowest BCUT2D eigenvalue weighted by molar-refractivity contribution is -0.127. The maximum Gasteiger partial charge on any atom is 0.224 e. The average Bonchev–Trinajstić information content (AvgIpc) is 3.45. The summed E-state index contributed by atoms with van der Waals surface area (Å²) in [6, 6.07) is 6.38. The summed E-state index contributed by atoms with van der Waals surface area (Å²) >= 11 is 0. The SMILES string of the molecule is Cc1cc(F)cc(CN2CCC(N3CCCC(C(=O)NC4CC4)C3)CC2)c1. The Labute approximate surface area is 162 Å². The largest absolute Gasteiger partial charge is 0.353 e. The highest BCUT2D eigenvalue weighted by Gasteiger charge is 2.33. The van der Waals surface area contributed by atoms with E-state index in [2.05, 4.69) is 21.2 Å². The quantitative estimate of drug-likeness (QED) is 0.862. The van der Waals surface area contributed by atoms with E-state index in [0.29, 0.717) is 12.1 Å². The molecule has 0 bridgehead atoms. The number of aryl methyl sites for hydroxylation is 1. The van der Waals surface area contributed by atoms with Crippen LogP contribution >= 0.6 is 0 Å². The normalized spacial score (nSPS) is 25.5. The second-order valence-corrected chi connectivity index (χ2v) is 8.76. The van der Waals surface area contributed by atoms with Crippen LogP contribution in [0.2, 0.25) is 0 Å². The van der Waals surface area contributed by atoms with Crippen LogP contribution in [-0.2, 0) is 11.3 Å². The standard InChI is InChI=1S/C22H32FN3O/c1-16-11-17(13-19(23)12-16)14-25-9-6-21(7-10-25)26-8-2-3-18(15-26)22(27)24-20-4-5-20/h11-13,18,20-21H,2-10,14-15H2,1H3,(H,24,27). The van der Waals surface area contributed by atoms with Crippen LogP contribution in [0.15, 0.2) is 18.2 Å². The second-order valence-electron chi connectivity index (χ2n) is 8.76. The summed E-state index contributed by atoms with van der Waals surface area (Å²) in [7, 11) is 0. The Morgan fingerprint density at radius 2 is 1.89 bits per heavy atom. The van der Waals surface area contributed by atoms with Gasteiger partial charge in [-0.25, -0.2) is 4.39 Å². The lowest BCUT2D eigenvalue weighted by Gasteiger charge is -2.42.